The Labute approximate surface area is 200 Å². The van der Waals surface area contributed by atoms with Crippen LogP contribution in [0.4, 0.5) is 0 Å². The van der Waals surface area contributed by atoms with Gasteiger partial charge in [0.25, 0.3) is 0 Å². The fourth-order valence-corrected chi connectivity index (χ4v) is 6.02. The van der Waals surface area contributed by atoms with Gasteiger partial charge < -0.3 is 0 Å². The van der Waals surface area contributed by atoms with Gasteiger partial charge in [-0.3, -0.25) is 9.55 Å². The van der Waals surface area contributed by atoms with Gasteiger partial charge in [0, 0.05) is 23.2 Å². The molecule has 0 N–H and O–H groups in total. The quantitative estimate of drug-likeness (QED) is 0.279. The maximum atomic E-state index is 4.75. The summed E-state index contributed by atoms with van der Waals surface area (Å²) in [6.07, 6.45) is 3.81. The van der Waals surface area contributed by atoms with E-state index in [4.69, 9.17) is 4.98 Å². The predicted molar refractivity (Wildman–Crippen MR) is 145 cm³/mol. The maximum Gasteiger partial charge on any atom is 0.137 e. The molecule has 0 aliphatic rings. The molecular weight excluding hydrogens is 433 g/mol. The van der Waals surface area contributed by atoms with Crippen molar-refractivity contribution in [3.63, 3.8) is 0 Å². The molecule has 3 nitrogen and oxygen atoms in total. The number of aromatic nitrogens is 3. The molecule has 0 saturated heterocycles. The first-order chi connectivity index (χ1) is 16.7. The van der Waals surface area contributed by atoms with Crippen LogP contribution in [-0.4, -0.2) is 21.2 Å². The molecule has 6 aromatic rings. The maximum absolute atomic E-state index is 4.75. The monoisotopic (exact) mass is 457 g/mol. The van der Waals surface area contributed by atoms with E-state index in [9.17, 15) is 0 Å². The van der Waals surface area contributed by atoms with Crippen LogP contribution in [0.25, 0.3) is 38.8 Å². The Morgan fingerprint density at radius 1 is 0.676 bits per heavy atom. The van der Waals surface area contributed by atoms with Crippen LogP contribution in [0, 0.1) is 6.92 Å². The third-order valence-corrected chi connectivity index (χ3v) is 8.36. The molecule has 0 bridgehead atoms. The van der Waals surface area contributed by atoms with Crippen LogP contribution < -0.4 is 10.7 Å². The fourth-order valence-electron chi connectivity index (χ4n) is 4.57. The van der Waals surface area contributed by atoms with Gasteiger partial charge in [-0.05, 0) is 79.9 Å². The first-order valence-corrected chi connectivity index (χ1v) is 13.2. The molecule has 0 spiro atoms. The van der Waals surface area contributed by atoms with Crippen LogP contribution in [0.2, 0.25) is 0 Å². The van der Waals surface area contributed by atoms with Crippen LogP contribution in [0.3, 0.4) is 0 Å². The number of pyridine rings is 2. The molecule has 0 saturated carbocycles. The van der Waals surface area contributed by atoms with Gasteiger partial charge in [-0.15, -0.1) is 0 Å². The SMILES string of the molecule is Cc1ccc(-n2c3ccccc3c3ccc(-c4cccc(P(C)c5ccccn5)c4)cc32)nc1. The zero-order valence-electron chi connectivity index (χ0n) is 19.2. The number of nitrogens with zero attached hydrogens (tertiary/aromatic N) is 3. The number of benzene rings is 3. The lowest BCUT2D eigenvalue weighted by Gasteiger charge is -2.13. The smallest absolute Gasteiger partial charge is 0.137 e. The first-order valence-electron chi connectivity index (χ1n) is 11.4. The van der Waals surface area contributed by atoms with Gasteiger partial charge >= 0.3 is 0 Å². The van der Waals surface area contributed by atoms with Gasteiger partial charge in [0.2, 0.25) is 0 Å². The highest BCUT2D eigenvalue weighted by molar-refractivity contribution is 7.72. The summed E-state index contributed by atoms with van der Waals surface area (Å²) in [5, 5.41) is 3.81. The van der Waals surface area contributed by atoms with Crippen molar-refractivity contribution in [2.45, 2.75) is 6.92 Å². The highest BCUT2D eigenvalue weighted by Gasteiger charge is 2.15. The molecule has 34 heavy (non-hydrogen) atoms. The molecule has 1 unspecified atom stereocenters. The predicted octanol–water partition coefficient (Wildman–Crippen LogP) is 6.61. The minimum atomic E-state index is -0.500. The van der Waals surface area contributed by atoms with Gasteiger partial charge in [0.05, 0.1) is 16.5 Å². The van der Waals surface area contributed by atoms with Crippen LogP contribution in [0.15, 0.2) is 109 Å². The third kappa shape index (κ3) is 3.59. The Morgan fingerprint density at radius 3 is 2.32 bits per heavy atom. The van der Waals surface area contributed by atoms with Crippen molar-refractivity contribution in [1.82, 2.24) is 14.5 Å². The van der Waals surface area contributed by atoms with Crippen molar-refractivity contribution >= 4 is 40.5 Å². The van der Waals surface area contributed by atoms with Crippen LogP contribution >= 0.6 is 7.92 Å². The van der Waals surface area contributed by atoms with Crippen molar-refractivity contribution in [3.8, 4) is 16.9 Å². The van der Waals surface area contributed by atoms with E-state index in [0.29, 0.717) is 0 Å². The minimum Gasteiger partial charge on any atom is -0.294 e. The van der Waals surface area contributed by atoms with Gasteiger partial charge in [0.15, 0.2) is 0 Å². The lowest BCUT2D eigenvalue weighted by atomic mass is 10.0. The molecule has 0 amide bonds. The molecule has 0 aliphatic carbocycles. The summed E-state index contributed by atoms with van der Waals surface area (Å²) in [4.78, 5) is 9.35. The second-order valence-electron chi connectivity index (χ2n) is 8.58. The number of hydrogen-bond donors (Lipinski definition) is 0. The van der Waals surface area contributed by atoms with E-state index in [-0.39, 0.29) is 0 Å². The van der Waals surface area contributed by atoms with Crippen molar-refractivity contribution in [1.29, 1.82) is 0 Å². The summed E-state index contributed by atoms with van der Waals surface area (Å²) >= 11 is 0. The Balaban J connectivity index is 1.51. The number of rotatable bonds is 4. The lowest BCUT2D eigenvalue weighted by molar-refractivity contribution is 1.07. The first kappa shape index (κ1) is 20.8. The number of aryl methyl sites for hydroxylation is 1. The Bertz CT molecular complexity index is 1620. The summed E-state index contributed by atoms with van der Waals surface area (Å²) in [5.41, 5.74) is 7.07. The molecule has 4 heteroatoms. The van der Waals surface area contributed by atoms with Crippen molar-refractivity contribution in [2.75, 3.05) is 6.66 Å². The van der Waals surface area contributed by atoms with E-state index in [1.807, 2.05) is 18.5 Å². The standard InChI is InChI=1S/C30H24N3P/c1-21-13-16-29(32-20-21)33-27-11-4-3-10-25(27)26-15-14-23(19-28(26)33)22-8-7-9-24(18-22)34(2)30-12-5-6-17-31-30/h3-20H,1-2H3. The average molecular weight is 458 g/mol. The van der Waals surface area contributed by atoms with Gasteiger partial charge in [0.1, 0.15) is 5.82 Å². The molecule has 3 aromatic heterocycles. The molecule has 3 aromatic carbocycles. The van der Waals surface area contributed by atoms with Gasteiger partial charge in [-0.2, -0.15) is 0 Å². The normalized spacial score (nSPS) is 12.3. The lowest BCUT2D eigenvalue weighted by Crippen LogP contribution is -2.13. The van der Waals surface area contributed by atoms with Crippen molar-refractivity contribution < 1.29 is 0 Å². The molecule has 3 heterocycles. The van der Waals surface area contributed by atoms with E-state index in [0.717, 1.165) is 16.8 Å². The van der Waals surface area contributed by atoms with E-state index >= 15 is 0 Å². The molecule has 0 radical (unpaired) electrons. The summed E-state index contributed by atoms with van der Waals surface area (Å²) in [6, 6.07) is 34.6. The summed E-state index contributed by atoms with van der Waals surface area (Å²) in [5.74, 6) is 0.940. The van der Waals surface area contributed by atoms with Crippen molar-refractivity contribution in [3.05, 3.63) is 115 Å². The Hall–Kier alpha value is -3.81. The van der Waals surface area contributed by atoms with Crippen LogP contribution in [0.1, 0.15) is 5.56 Å². The topological polar surface area (TPSA) is 30.7 Å². The zero-order valence-corrected chi connectivity index (χ0v) is 20.1. The van der Waals surface area contributed by atoms with E-state index in [1.54, 1.807) is 0 Å². The summed E-state index contributed by atoms with van der Waals surface area (Å²) in [6.45, 7) is 4.35. The van der Waals surface area contributed by atoms with E-state index in [1.165, 1.54) is 38.2 Å². The molecule has 0 fully saturated rings. The van der Waals surface area contributed by atoms with E-state index < -0.39 is 7.92 Å². The largest absolute Gasteiger partial charge is 0.294 e. The zero-order chi connectivity index (χ0) is 23.1. The molecular formula is C30H24N3P. The average Bonchev–Trinajstić information content (AvgIpc) is 3.23. The van der Waals surface area contributed by atoms with E-state index in [2.05, 4.69) is 114 Å². The summed E-state index contributed by atoms with van der Waals surface area (Å²) < 4.78 is 2.28. The molecule has 6 rings (SSSR count). The van der Waals surface area contributed by atoms with Crippen molar-refractivity contribution in [2.24, 2.45) is 0 Å². The highest BCUT2D eigenvalue weighted by atomic mass is 31.1. The van der Waals surface area contributed by atoms with Crippen LogP contribution in [-0.2, 0) is 0 Å². The Kier molecular flexibility index (Phi) is 5.20. The third-order valence-electron chi connectivity index (χ3n) is 6.36. The molecule has 1 atom stereocenters. The van der Waals surface area contributed by atoms with Gasteiger partial charge in [-0.25, -0.2) is 4.98 Å². The fraction of sp³-hybridized carbons (Fsp3) is 0.0667. The number of hydrogen-bond acceptors (Lipinski definition) is 2. The minimum absolute atomic E-state index is 0.500. The Morgan fingerprint density at radius 2 is 1.50 bits per heavy atom. The molecule has 0 aliphatic heterocycles. The highest BCUT2D eigenvalue weighted by Crippen LogP contribution is 2.35. The van der Waals surface area contributed by atoms with Crippen LogP contribution in [0.5, 0.6) is 0 Å². The second-order valence-corrected chi connectivity index (χ2v) is 10.7. The van der Waals surface area contributed by atoms with Gasteiger partial charge in [-0.1, -0.05) is 60.7 Å². The number of fused-ring (bicyclic) bond motifs is 3. The molecule has 164 valence electrons. The second kappa shape index (κ2) is 8.52. The summed E-state index contributed by atoms with van der Waals surface area (Å²) in [7, 11) is -0.500. The number of para-hydroxylation sites is 1.